The molecule has 0 atom stereocenters. The number of aromatic nitrogens is 1. The van der Waals surface area contributed by atoms with E-state index in [1.165, 1.54) is 6.07 Å². The van der Waals surface area contributed by atoms with Gasteiger partial charge in [0.05, 0.1) is 4.47 Å². The lowest BCUT2D eigenvalue weighted by Gasteiger charge is -2.04. The Kier molecular flexibility index (Phi) is 3.28. The van der Waals surface area contributed by atoms with Gasteiger partial charge in [-0.2, -0.15) is 0 Å². The van der Waals surface area contributed by atoms with Gasteiger partial charge < -0.3 is 10.3 Å². The minimum atomic E-state index is -0.417. The number of H-pyrrole nitrogens is 1. The van der Waals surface area contributed by atoms with Gasteiger partial charge in [-0.25, -0.2) is 4.39 Å². The summed E-state index contributed by atoms with van der Waals surface area (Å²) in [6.45, 7) is 0. The fourth-order valence-electron chi connectivity index (χ4n) is 1.97. The van der Waals surface area contributed by atoms with Crippen LogP contribution in [0, 0.1) is 5.82 Å². The highest BCUT2D eigenvalue weighted by Crippen LogP contribution is 2.20. The lowest BCUT2D eigenvalue weighted by atomic mass is 10.2. The van der Waals surface area contributed by atoms with Crippen LogP contribution < -0.4 is 5.32 Å². The molecule has 1 amide bonds. The summed E-state index contributed by atoms with van der Waals surface area (Å²) in [5.41, 5.74) is 1.74. The number of para-hydroxylation sites is 1. The largest absolute Gasteiger partial charge is 0.351 e. The van der Waals surface area contributed by atoms with Gasteiger partial charge in [0.25, 0.3) is 5.91 Å². The van der Waals surface area contributed by atoms with Gasteiger partial charge in [-0.05, 0) is 46.3 Å². The van der Waals surface area contributed by atoms with Gasteiger partial charge in [-0.15, -0.1) is 0 Å². The van der Waals surface area contributed by atoms with Crippen LogP contribution in [-0.2, 0) is 0 Å². The number of fused-ring (bicyclic) bond motifs is 1. The molecule has 3 rings (SSSR count). The van der Waals surface area contributed by atoms with E-state index in [9.17, 15) is 9.18 Å². The molecule has 0 aliphatic carbocycles. The number of aromatic amines is 1. The molecule has 0 fully saturated rings. The molecular formula is C15H10BrFN2O. The molecule has 0 unspecified atom stereocenters. The van der Waals surface area contributed by atoms with Gasteiger partial charge in [-0.1, -0.05) is 18.2 Å². The Bertz CT molecular complexity index is 764. The third kappa shape index (κ3) is 2.44. The Labute approximate surface area is 122 Å². The minimum Gasteiger partial charge on any atom is -0.351 e. The summed E-state index contributed by atoms with van der Waals surface area (Å²) in [6.07, 6.45) is 0. The number of rotatable bonds is 2. The molecule has 0 aliphatic heterocycles. The molecule has 5 heteroatoms. The van der Waals surface area contributed by atoms with Crippen LogP contribution in [0.5, 0.6) is 0 Å². The molecule has 0 bridgehead atoms. The zero-order valence-corrected chi connectivity index (χ0v) is 11.9. The fraction of sp³-hybridized carbons (Fsp3) is 0. The van der Waals surface area contributed by atoms with Crippen LogP contribution in [0.25, 0.3) is 10.9 Å². The van der Waals surface area contributed by atoms with Gasteiger partial charge in [0.15, 0.2) is 0 Å². The zero-order chi connectivity index (χ0) is 14.1. The predicted octanol–water partition coefficient (Wildman–Crippen LogP) is 4.32. The molecule has 0 aliphatic rings. The molecule has 2 N–H and O–H groups in total. The summed E-state index contributed by atoms with van der Waals surface area (Å²) in [5.74, 6) is -0.720. The molecule has 1 heterocycles. The molecule has 3 nitrogen and oxygen atoms in total. The van der Waals surface area contributed by atoms with Crippen LogP contribution in [0.4, 0.5) is 10.1 Å². The number of hydrogen-bond donors (Lipinski definition) is 2. The van der Waals surface area contributed by atoms with E-state index >= 15 is 0 Å². The standard InChI is InChI=1S/C15H10BrFN2O/c16-11-6-5-10(8-12(11)17)18-15(20)14-7-9-3-1-2-4-13(9)19-14/h1-8,19H,(H,18,20). The van der Waals surface area contributed by atoms with Crippen molar-refractivity contribution in [3.05, 3.63) is 64.5 Å². The van der Waals surface area contributed by atoms with Crippen LogP contribution in [0.1, 0.15) is 10.5 Å². The molecule has 0 spiro atoms. The first kappa shape index (κ1) is 12.9. The molecule has 100 valence electrons. The number of amides is 1. The fourth-order valence-corrected chi connectivity index (χ4v) is 2.21. The van der Waals surface area contributed by atoms with Crippen LogP contribution in [0.3, 0.4) is 0 Å². The second-order valence-corrected chi connectivity index (χ2v) is 5.21. The van der Waals surface area contributed by atoms with Crippen molar-refractivity contribution in [3.8, 4) is 0 Å². The van der Waals surface area contributed by atoms with E-state index in [0.29, 0.717) is 15.9 Å². The number of carbonyl (C=O) groups is 1. The van der Waals surface area contributed by atoms with E-state index < -0.39 is 5.82 Å². The number of nitrogens with one attached hydrogen (secondary N) is 2. The normalized spacial score (nSPS) is 10.7. The van der Waals surface area contributed by atoms with Gasteiger partial charge in [-0.3, -0.25) is 4.79 Å². The highest BCUT2D eigenvalue weighted by molar-refractivity contribution is 9.10. The Hall–Kier alpha value is -2.14. The average molecular weight is 333 g/mol. The van der Waals surface area contributed by atoms with E-state index in [2.05, 4.69) is 26.2 Å². The van der Waals surface area contributed by atoms with E-state index in [4.69, 9.17) is 0 Å². The van der Waals surface area contributed by atoms with Crippen LogP contribution in [-0.4, -0.2) is 10.9 Å². The summed E-state index contributed by atoms with van der Waals surface area (Å²) in [4.78, 5) is 15.1. The summed E-state index contributed by atoms with van der Waals surface area (Å²) in [7, 11) is 0. The second kappa shape index (κ2) is 5.09. The maximum Gasteiger partial charge on any atom is 0.272 e. The average Bonchev–Trinajstić information content (AvgIpc) is 2.87. The molecule has 20 heavy (non-hydrogen) atoms. The monoisotopic (exact) mass is 332 g/mol. The number of benzene rings is 2. The lowest BCUT2D eigenvalue weighted by molar-refractivity contribution is 0.102. The summed E-state index contributed by atoms with van der Waals surface area (Å²) in [5, 5.41) is 3.61. The van der Waals surface area contributed by atoms with Gasteiger partial charge in [0.1, 0.15) is 11.5 Å². The smallest absolute Gasteiger partial charge is 0.272 e. The van der Waals surface area contributed by atoms with E-state index in [0.717, 1.165) is 10.9 Å². The number of hydrogen-bond acceptors (Lipinski definition) is 1. The van der Waals surface area contributed by atoms with Crippen LogP contribution in [0.2, 0.25) is 0 Å². The molecule has 0 saturated heterocycles. The zero-order valence-electron chi connectivity index (χ0n) is 10.3. The maximum atomic E-state index is 13.4. The van der Waals surface area contributed by atoms with Crippen LogP contribution in [0.15, 0.2) is 53.0 Å². The summed E-state index contributed by atoms with van der Waals surface area (Å²) >= 11 is 3.07. The third-order valence-electron chi connectivity index (χ3n) is 2.95. The van der Waals surface area contributed by atoms with Crippen molar-refractivity contribution in [3.63, 3.8) is 0 Å². The van der Waals surface area contributed by atoms with Crippen LogP contribution >= 0.6 is 15.9 Å². The van der Waals surface area contributed by atoms with Gasteiger partial charge >= 0.3 is 0 Å². The van der Waals surface area contributed by atoms with Crippen molar-refractivity contribution in [1.29, 1.82) is 0 Å². The van der Waals surface area contributed by atoms with Crippen molar-refractivity contribution in [2.24, 2.45) is 0 Å². The summed E-state index contributed by atoms with van der Waals surface area (Å²) < 4.78 is 13.8. The number of anilines is 1. The van der Waals surface area contributed by atoms with E-state index in [-0.39, 0.29) is 5.91 Å². The Morgan fingerprint density at radius 1 is 1.15 bits per heavy atom. The van der Waals surface area contributed by atoms with E-state index in [1.807, 2.05) is 24.3 Å². The lowest BCUT2D eigenvalue weighted by Crippen LogP contribution is -2.12. The van der Waals surface area contributed by atoms with Crippen molar-refractivity contribution in [2.45, 2.75) is 0 Å². The maximum absolute atomic E-state index is 13.4. The van der Waals surface area contributed by atoms with E-state index in [1.54, 1.807) is 18.2 Å². The molecule has 3 aromatic rings. The molecule has 0 saturated carbocycles. The molecular weight excluding hydrogens is 323 g/mol. The number of carbonyl (C=O) groups excluding carboxylic acids is 1. The first-order valence-corrected chi connectivity index (χ1v) is 6.77. The Balaban J connectivity index is 1.86. The van der Waals surface area contributed by atoms with Crippen molar-refractivity contribution < 1.29 is 9.18 Å². The molecule has 0 radical (unpaired) electrons. The topological polar surface area (TPSA) is 44.9 Å². The second-order valence-electron chi connectivity index (χ2n) is 4.35. The predicted molar refractivity (Wildman–Crippen MR) is 80.4 cm³/mol. The summed E-state index contributed by atoms with van der Waals surface area (Å²) in [6, 6.07) is 13.8. The first-order valence-electron chi connectivity index (χ1n) is 5.97. The number of halogens is 2. The molecule has 2 aromatic carbocycles. The van der Waals surface area contributed by atoms with Crippen molar-refractivity contribution in [1.82, 2.24) is 4.98 Å². The van der Waals surface area contributed by atoms with Gasteiger partial charge in [0, 0.05) is 16.6 Å². The van der Waals surface area contributed by atoms with Crippen molar-refractivity contribution >= 4 is 38.4 Å². The molecule has 1 aromatic heterocycles. The highest BCUT2D eigenvalue weighted by Gasteiger charge is 2.10. The van der Waals surface area contributed by atoms with Crippen molar-refractivity contribution in [2.75, 3.05) is 5.32 Å². The first-order chi connectivity index (χ1) is 9.63. The third-order valence-corrected chi connectivity index (χ3v) is 3.60. The highest BCUT2D eigenvalue weighted by atomic mass is 79.9. The SMILES string of the molecule is O=C(Nc1ccc(Br)c(F)c1)c1cc2ccccc2[nH]1. The minimum absolute atomic E-state index is 0.303. The van der Waals surface area contributed by atoms with Gasteiger partial charge in [0.2, 0.25) is 0 Å². The Morgan fingerprint density at radius 2 is 1.95 bits per heavy atom. The quantitative estimate of drug-likeness (QED) is 0.721. The Morgan fingerprint density at radius 3 is 2.70 bits per heavy atom.